The van der Waals surface area contributed by atoms with Crippen LogP contribution < -0.4 is 5.73 Å². The molecule has 0 aliphatic heterocycles. The van der Waals surface area contributed by atoms with Gasteiger partial charge in [-0.3, -0.25) is 4.90 Å². The quantitative estimate of drug-likeness (QED) is 0.798. The topological polar surface area (TPSA) is 29.3 Å². The number of benzene rings is 1. The van der Waals surface area contributed by atoms with Crippen LogP contribution >= 0.6 is 11.6 Å². The minimum Gasteiger partial charge on any atom is -0.398 e. The Balaban J connectivity index is 2.75. The Morgan fingerprint density at radius 1 is 1.31 bits per heavy atom. The van der Waals surface area contributed by atoms with Crippen LogP contribution in [0.4, 0.5) is 5.69 Å². The van der Waals surface area contributed by atoms with E-state index in [9.17, 15) is 0 Å². The first-order chi connectivity index (χ1) is 7.58. The molecule has 0 radical (unpaired) electrons. The molecule has 0 aliphatic carbocycles. The summed E-state index contributed by atoms with van der Waals surface area (Å²) in [5.41, 5.74) is 7.87. The zero-order chi connectivity index (χ0) is 12.1. The highest BCUT2D eigenvalue weighted by molar-refractivity contribution is 6.30. The van der Waals surface area contributed by atoms with E-state index in [1.54, 1.807) is 0 Å². The number of hydrogen-bond donors (Lipinski definition) is 1. The van der Waals surface area contributed by atoms with Crippen LogP contribution in [0.3, 0.4) is 0 Å². The lowest BCUT2D eigenvalue weighted by Crippen LogP contribution is -2.30. The van der Waals surface area contributed by atoms with Crippen molar-refractivity contribution in [1.29, 1.82) is 0 Å². The van der Waals surface area contributed by atoms with Crippen LogP contribution in [0.25, 0.3) is 0 Å². The summed E-state index contributed by atoms with van der Waals surface area (Å²) in [5.74, 6) is 0. The molecular formula is C13H21ClN2. The molecule has 0 spiro atoms. The van der Waals surface area contributed by atoms with E-state index in [0.717, 1.165) is 35.7 Å². The fourth-order valence-electron chi connectivity index (χ4n) is 2.02. The van der Waals surface area contributed by atoms with Crippen LogP contribution in [0.15, 0.2) is 18.2 Å². The molecule has 2 N–H and O–H groups in total. The van der Waals surface area contributed by atoms with Crippen LogP contribution in [0, 0.1) is 0 Å². The Morgan fingerprint density at radius 3 is 2.50 bits per heavy atom. The first-order valence-electron chi connectivity index (χ1n) is 5.82. The predicted molar refractivity (Wildman–Crippen MR) is 71.7 cm³/mol. The van der Waals surface area contributed by atoms with E-state index in [2.05, 4.69) is 25.8 Å². The van der Waals surface area contributed by atoms with Gasteiger partial charge in [0.1, 0.15) is 0 Å². The molecule has 2 nitrogen and oxygen atoms in total. The van der Waals surface area contributed by atoms with Crippen molar-refractivity contribution in [3.63, 3.8) is 0 Å². The minimum absolute atomic E-state index is 0.610. The number of halogens is 1. The first-order valence-corrected chi connectivity index (χ1v) is 6.20. The molecule has 0 heterocycles. The lowest BCUT2D eigenvalue weighted by molar-refractivity contribution is 0.222. The van der Waals surface area contributed by atoms with E-state index in [1.165, 1.54) is 0 Å². The van der Waals surface area contributed by atoms with Gasteiger partial charge < -0.3 is 5.73 Å². The van der Waals surface area contributed by atoms with Crippen LogP contribution in [0.2, 0.25) is 5.02 Å². The molecule has 0 fully saturated rings. The maximum Gasteiger partial charge on any atom is 0.0410 e. The lowest BCUT2D eigenvalue weighted by Gasteiger charge is -2.26. The second-order valence-corrected chi connectivity index (χ2v) is 4.67. The number of nitrogens with zero attached hydrogens (tertiary/aromatic N) is 1. The van der Waals surface area contributed by atoms with Crippen molar-refractivity contribution in [1.82, 2.24) is 4.90 Å². The lowest BCUT2D eigenvalue weighted by atomic mass is 10.1. The van der Waals surface area contributed by atoms with Gasteiger partial charge in [-0.05, 0) is 43.7 Å². The van der Waals surface area contributed by atoms with Gasteiger partial charge >= 0.3 is 0 Å². The van der Waals surface area contributed by atoms with Crippen LogP contribution in [-0.2, 0) is 6.54 Å². The van der Waals surface area contributed by atoms with Crippen LogP contribution in [0.5, 0.6) is 0 Å². The normalized spacial score (nSPS) is 11.4. The third kappa shape index (κ3) is 3.39. The number of rotatable bonds is 5. The predicted octanol–water partition coefficient (Wildman–Crippen LogP) is 3.54. The van der Waals surface area contributed by atoms with Gasteiger partial charge in [0.05, 0.1) is 0 Å². The third-order valence-corrected chi connectivity index (χ3v) is 3.33. The highest BCUT2D eigenvalue weighted by Crippen LogP contribution is 2.20. The van der Waals surface area contributed by atoms with Crippen molar-refractivity contribution >= 4 is 17.3 Å². The summed E-state index contributed by atoms with van der Waals surface area (Å²) in [6.07, 6.45) is 2.32. The molecule has 1 aromatic rings. The summed E-state index contributed by atoms with van der Waals surface area (Å²) in [6, 6.07) is 6.27. The van der Waals surface area contributed by atoms with Crippen LogP contribution in [-0.4, -0.2) is 18.0 Å². The second-order valence-electron chi connectivity index (χ2n) is 4.23. The van der Waals surface area contributed by atoms with Crippen molar-refractivity contribution in [2.45, 2.75) is 39.3 Å². The molecule has 0 bridgehead atoms. The Bertz CT molecular complexity index is 335. The maximum atomic E-state index is 5.97. The number of anilines is 1. The minimum atomic E-state index is 0.610. The zero-order valence-corrected chi connectivity index (χ0v) is 11.1. The number of nitrogens with two attached hydrogens (primary N) is 1. The van der Waals surface area contributed by atoms with Crippen molar-refractivity contribution < 1.29 is 0 Å². The van der Waals surface area contributed by atoms with Gasteiger partial charge in [0.15, 0.2) is 0 Å². The number of nitrogen functional groups attached to an aromatic ring is 1. The monoisotopic (exact) mass is 240 g/mol. The van der Waals surface area contributed by atoms with Gasteiger partial charge in [-0.2, -0.15) is 0 Å². The molecule has 0 aliphatic rings. The van der Waals surface area contributed by atoms with Crippen molar-refractivity contribution in [3.8, 4) is 0 Å². The van der Waals surface area contributed by atoms with Crippen molar-refractivity contribution in [2.75, 3.05) is 12.8 Å². The molecule has 1 rings (SSSR count). The van der Waals surface area contributed by atoms with Gasteiger partial charge in [0.2, 0.25) is 0 Å². The van der Waals surface area contributed by atoms with E-state index in [1.807, 2.05) is 18.2 Å². The van der Waals surface area contributed by atoms with Gasteiger partial charge in [-0.25, -0.2) is 0 Å². The molecule has 3 heteroatoms. The Hall–Kier alpha value is -0.730. The molecule has 0 saturated heterocycles. The van der Waals surface area contributed by atoms with E-state index in [4.69, 9.17) is 17.3 Å². The van der Waals surface area contributed by atoms with E-state index in [-0.39, 0.29) is 0 Å². The zero-order valence-electron chi connectivity index (χ0n) is 10.3. The third-order valence-electron chi connectivity index (χ3n) is 3.09. The van der Waals surface area contributed by atoms with E-state index >= 15 is 0 Å². The van der Waals surface area contributed by atoms with Gasteiger partial charge in [0, 0.05) is 23.3 Å². The number of hydrogen-bond acceptors (Lipinski definition) is 2. The molecule has 0 unspecified atom stereocenters. The standard InChI is InChI=1S/C13H21ClN2/c1-4-12(5-2)16(3)9-10-8-11(14)6-7-13(10)15/h6-8,12H,4-5,9,15H2,1-3H3. The maximum absolute atomic E-state index is 5.97. The Labute approximate surface area is 103 Å². The van der Waals surface area contributed by atoms with Crippen molar-refractivity contribution in [2.24, 2.45) is 0 Å². The molecule has 0 atom stereocenters. The largest absolute Gasteiger partial charge is 0.398 e. The van der Waals surface area contributed by atoms with Gasteiger partial charge in [0.25, 0.3) is 0 Å². The van der Waals surface area contributed by atoms with Gasteiger partial charge in [-0.15, -0.1) is 0 Å². The highest BCUT2D eigenvalue weighted by Gasteiger charge is 2.12. The summed E-state index contributed by atoms with van der Waals surface area (Å²) in [4.78, 5) is 2.34. The molecule has 0 aromatic heterocycles. The first kappa shape index (κ1) is 13.3. The summed E-state index contributed by atoms with van der Waals surface area (Å²) in [5, 5.41) is 0.752. The van der Waals surface area contributed by atoms with E-state index < -0.39 is 0 Å². The molecule has 0 amide bonds. The summed E-state index contributed by atoms with van der Waals surface area (Å²) >= 11 is 5.97. The SMILES string of the molecule is CCC(CC)N(C)Cc1cc(Cl)ccc1N. The van der Waals surface area contributed by atoms with E-state index in [0.29, 0.717) is 6.04 Å². The summed E-state index contributed by atoms with van der Waals surface area (Å²) in [6.45, 7) is 5.29. The molecular weight excluding hydrogens is 220 g/mol. The van der Waals surface area contributed by atoms with Gasteiger partial charge in [-0.1, -0.05) is 25.4 Å². The van der Waals surface area contributed by atoms with Crippen LogP contribution in [0.1, 0.15) is 32.3 Å². The molecule has 0 saturated carbocycles. The average Bonchev–Trinajstić information content (AvgIpc) is 2.25. The molecule has 1 aromatic carbocycles. The second kappa shape index (κ2) is 6.12. The van der Waals surface area contributed by atoms with Crippen molar-refractivity contribution in [3.05, 3.63) is 28.8 Å². The molecule has 90 valence electrons. The fraction of sp³-hybridized carbons (Fsp3) is 0.538. The smallest absolute Gasteiger partial charge is 0.0410 e. The fourth-order valence-corrected chi connectivity index (χ4v) is 2.22. The Morgan fingerprint density at radius 2 is 1.94 bits per heavy atom. The highest BCUT2D eigenvalue weighted by atomic mass is 35.5. The average molecular weight is 241 g/mol. The summed E-state index contributed by atoms with van der Waals surface area (Å²) in [7, 11) is 2.14. The summed E-state index contributed by atoms with van der Waals surface area (Å²) < 4.78 is 0. The Kier molecular flexibility index (Phi) is 5.10. The molecule has 16 heavy (non-hydrogen) atoms.